The molecule has 0 aliphatic carbocycles. The van der Waals surface area contributed by atoms with Crippen molar-refractivity contribution in [1.29, 1.82) is 0 Å². The molecule has 1 heterocycles. The van der Waals surface area contributed by atoms with Gasteiger partial charge in [-0.1, -0.05) is 6.07 Å². The Kier molecular flexibility index (Phi) is 3.77. The minimum Gasteiger partial charge on any atom is -0.484 e. The van der Waals surface area contributed by atoms with E-state index >= 15 is 0 Å². The molecule has 7 heteroatoms. The van der Waals surface area contributed by atoms with E-state index in [0.29, 0.717) is 11.4 Å². The number of benzene rings is 1. The molecule has 0 bridgehead atoms. The molecule has 7 nitrogen and oxygen atoms in total. The van der Waals surface area contributed by atoms with Gasteiger partial charge in [-0.2, -0.15) is 0 Å². The second-order valence-corrected chi connectivity index (χ2v) is 3.68. The van der Waals surface area contributed by atoms with Crippen LogP contribution in [0.3, 0.4) is 0 Å². The number of nitrogens with two attached hydrogens (primary N) is 1. The number of nitrogens with zero attached hydrogens (tertiary/aromatic N) is 2. The molecule has 2 rings (SSSR count). The van der Waals surface area contributed by atoms with E-state index in [2.05, 4.69) is 10.3 Å². The number of amides is 2. The number of hydrogen-bond donors (Lipinski definition) is 2. The lowest BCUT2D eigenvalue weighted by molar-refractivity contribution is -0.119. The van der Waals surface area contributed by atoms with Gasteiger partial charge in [0.15, 0.2) is 6.61 Å². The summed E-state index contributed by atoms with van der Waals surface area (Å²) in [4.78, 5) is 26.1. The van der Waals surface area contributed by atoms with Crippen LogP contribution >= 0.6 is 0 Å². The van der Waals surface area contributed by atoms with Gasteiger partial charge in [-0.15, -0.1) is 0 Å². The molecule has 0 fully saturated rings. The Morgan fingerprint density at radius 3 is 2.95 bits per heavy atom. The topological polar surface area (TPSA) is 99.2 Å². The number of hydrogen-bond acceptors (Lipinski definition) is 4. The number of rotatable bonds is 4. The summed E-state index contributed by atoms with van der Waals surface area (Å²) in [6.07, 6.45) is 4.43. The van der Waals surface area contributed by atoms with Crippen LogP contribution in [0.1, 0.15) is 0 Å². The van der Waals surface area contributed by atoms with Crippen molar-refractivity contribution < 1.29 is 14.3 Å². The molecule has 0 spiro atoms. The van der Waals surface area contributed by atoms with Crippen LogP contribution in [-0.4, -0.2) is 28.1 Å². The third kappa shape index (κ3) is 3.56. The fourth-order valence-corrected chi connectivity index (χ4v) is 1.39. The van der Waals surface area contributed by atoms with Crippen molar-refractivity contribution in [1.82, 2.24) is 9.55 Å². The molecular weight excluding hydrogens is 248 g/mol. The van der Waals surface area contributed by atoms with Gasteiger partial charge in [0.1, 0.15) is 12.1 Å². The number of nitrogens with one attached hydrogen (secondary N) is 1. The van der Waals surface area contributed by atoms with Crippen molar-refractivity contribution in [2.24, 2.45) is 5.73 Å². The molecule has 2 amide bonds. The predicted octanol–water partition coefficient (Wildman–Crippen LogP) is 0.827. The maximum atomic E-state index is 11.7. The highest BCUT2D eigenvalue weighted by Gasteiger charge is 2.05. The number of aromatic nitrogens is 2. The zero-order valence-corrected chi connectivity index (χ0v) is 9.95. The molecule has 0 aliphatic heterocycles. The summed E-state index contributed by atoms with van der Waals surface area (Å²) in [5, 5.41) is 2.66. The summed E-state index contributed by atoms with van der Waals surface area (Å²) in [5.41, 5.74) is 5.52. The van der Waals surface area contributed by atoms with Crippen LogP contribution in [0.2, 0.25) is 0 Å². The lowest BCUT2D eigenvalue weighted by Gasteiger charge is -2.08. The van der Waals surface area contributed by atoms with Crippen LogP contribution in [0.5, 0.6) is 5.75 Å². The maximum absolute atomic E-state index is 11.7. The second-order valence-electron chi connectivity index (χ2n) is 3.68. The smallest absolute Gasteiger partial charge is 0.331 e. The van der Waals surface area contributed by atoms with Crippen molar-refractivity contribution in [3.05, 3.63) is 43.0 Å². The molecule has 1 aromatic carbocycles. The SMILES string of the molecule is NC(=O)COc1cccc(NC(=O)n2ccnc2)c1. The summed E-state index contributed by atoms with van der Waals surface area (Å²) < 4.78 is 6.44. The number of ether oxygens (including phenoxy) is 1. The van der Waals surface area contributed by atoms with Crippen LogP contribution in [0.4, 0.5) is 10.5 Å². The molecule has 1 aromatic heterocycles. The first-order chi connectivity index (χ1) is 9.15. The Balaban J connectivity index is 2.02. The molecule has 0 saturated carbocycles. The molecule has 0 unspecified atom stereocenters. The molecule has 19 heavy (non-hydrogen) atoms. The molecule has 98 valence electrons. The van der Waals surface area contributed by atoms with E-state index in [-0.39, 0.29) is 12.6 Å². The highest BCUT2D eigenvalue weighted by molar-refractivity contribution is 5.91. The highest BCUT2D eigenvalue weighted by atomic mass is 16.5. The minimum absolute atomic E-state index is 0.209. The Labute approximate surface area is 109 Å². The van der Waals surface area contributed by atoms with Crippen LogP contribution in [0.25, 0.3) is 0 Å². The van der Waals surface area contributed by atoms with E-state index in [1.165, 1.54) is 23.3 Å². The Hall–Kier alpha value is -2.83. The fourth-order valence-electron chi connectivity index (χ4n) is 1.39. The standard InChI is InChI=1S/C12H12N4O3/c13-11(17)7-19-10-3-1-2-9(6-10)15-12(18)16-5-4-14-8-16/h1-6,8H,7H2,(H2,13,17)(H,15,18). The van der Waals surface area contributed by atoms with Crippen LogP contribution in [0.15, 0.2) is 43.0 Å². The molecule has 0 atom stereocenters. The first kappa shape index (κ1) is 12.6. The summed E-state index contributed by atoms with van der Waals surface area (Å²) >= 11 is 0. The van der Waals surface area contributed by atoms with E-state index in [1.54, 1.807) is 24.3 Å². The summed E-state index contributed by atoms with van der Waals surface area (Å²) in [7, 11) is 0. The predicted molar refractivity (Wildman–Crippen MR) is 67.8 cm³/mol. The largest absolute Gasteiger partial charge is 0.484 e. The number of carbonyl (C=O) groups excluding carboxylic acids is 2. The zero-order chi connectivity index (χ0) is 13.7. The Morgan fingerprint density at radius 2 is 2.26 bits per heavy atom. The summed E-state index contributed by atoms with van der Waals surface area (Å²) in [6.45, 7) is -0.209. The van der Waals surface area contributed by atoms with Gasteiger partial charge in [-0.05, 0) is 12.1 Å². The Morgan fingerprint density at radius 1 is 1.42 bits per heavy atom. The van der Waals surface area contributed by atoms with Crippen LogP contribution in [0, 0.1) is 0 Å². The van der Waals surface area contributed by atoms with Crippen molar-refractivity contribution >= 4 is 17.6 Å². The molecular formula is C12H12N4O3. The average molecular weight is 260 g/mol. The lowest BCUT2D eigenvalue weighted by Crippen LogP contribution is -2.20. The van der Waals surface area contributed by atoms with Gasteiger partial charge in [0.2, 0.25) is 0 Å². The summed E-state index contributed by atoms with van der Waals surface area (Å²) in [5.74, 6) is -0.116. The van der Waals surface area contributed by atoms with Crippen LogP contribution in [-0.2, 0) is 4.79 Å². The normalized spacial score (nSPS) is 9.89. The van der Waals surface area contributed by atoms with Crippen molar-refractivity contribution in [3.8, 4) is 5.75 Å². The quantitative estimate of drug-likeness (QED) is 0.850. The van der Waals surface area contributed by atoms with E-state index in [1.807, 2.05) is 0 Å². The third-order valence-corrected chi connectivity index (χ3v) is 2.21. The molecule has 0 radical (unpaired) electrons. The lowest BCUT2D eigenvalue weighted by atomic mass is 10.3. The van der Waals surface area contributed by atoms with E-state index in [4.69, 9.17) is 10.5 Å². The van der Waals surface area contributed by atoms with Gasteiger partial charge in [0, 0.05) is 24.1 Å². The van der Waals surface area contributed by atoms with Gasteiger partial charge in [0.25, 0.3) is 5.91 Å². The highest BCUT2D eigenvalue weighted by Crippen LogP contribution is 2.17. The zero-order valence-electron chi connectivity index (χ0n) is 9.95. The first-order valence-corrected chi connectivity index (χ1v) is 5.45. The van der Waals surface area contributed by atoms with E-state index in [0.717, 1.165) is 0 Å². The van der Waals surface area contributed by atoms with Crippen molar-refractivity contribution in [2.45, 2.75) is 0 Å². The van der Waals surface area contributed by atoms with Crippen molar-refractivity contribution in [2.75, 3.05) is 11.9 Å². The third-order valence-electron chi connectivity index (χ3n) is 2.21. The average Bonchev–Trinajstić information content (AvgIpc) is 2.91. The second kappa shape index (κ2) is 5.67. The fraction of sp³-hybridized carbons (Fsp3) is 0.0833. The van der Waals surface area contributed by atoms with Gasteiger partial charge in [-0.25, -0.2) is 9.78 Å². The van der Waals surface area contributed by atoms with Crippen molar-refractivity contribution in [3.63, 3.8) is 0 Å². The van der Waals surface area contributed by atoms with E-state index in [9.17, 15) is 9.59 Å². The molecule has 0 aliphatic rings. The maximum Gasteiger partial charge on any atom is 0.331 e. The Bertz CT molecular complexity index is 580. The van der Waals surface area contributed by atoms with Gasteiger partial charge < -0.3 is 15.8 Å². The minimum atomic E-state index is -0.562. The molecule has 0 saturated heterocycles. The number of primary amides is 1. The monoisotopic (exact) mass is 260 g/mol. The summed E-state index contributed by atoms with van der Waals surface area (Å²) in [6, 6.07) is 6.31. The number of imidazole rings is 1. The number of anilines is 1. The van der Waals surface area contributed by atoms with Gasteiger partial charge in [-0.3, -0.25) is 9.36 Å². The molecule has 2 aromatic rings. The first-order valence-electron chi connectivity index (χ1n) is 5.45. The molecule has 3 N–H and O–H groups in total. The number of carbonyl (C=O) groups is 2. The van der Waals surface area contributed by atoms with Gasteiger partial charge in [0.05, 0.1) is 0 Å². The van der Waals surface area contributed by atoms with E-state index < -0.39 is 5.91 Å². The van der Waals surface area contributed by atoms with Gasteiger partial charge >= 0.3 is 6.03 Å². The van der Waals surface area contributed by atoms with Crippen LogP contribution < -0.4 is 15.8 Å².